The number of halogens is 3. The Bertz CT molecular complexity index is 1220. The van der Waals surface area contributed by atoms with E-state index in [2.05, 4.69) is 10.3 Å². The molecule has 1 N–H and O–H groups in total. The molecule has 0 bridgehead atoms. The number of aromatic nitrogens is 2. The molecule has 1 atom stereocenters. The van der Waals surface area contributed by atoms with Gasteiger partial charge in [-0.3, -0.25) is 4.79 Å². The molecule has 1 unspecified atom stereocenters. The van der Waals surface area contributed by atoms with Gasteiger partial charge in [0.2, 0.25) is 5.91 Å². The van der Waals surface area contributed by atoms with Crippen LogP contribution >= 0.6 is 23.2 Å². The van der Waals surface area contributed by atoms with Crippen molar-refractivity contribution in [2.45, 2.75) is 18.8 Å². The number of pyridine rings is 1. The summed E-state index contributed by atoms with van der Waals surface area (Å²) >= 11 is 12.1. The Kier molecular flexibility index (Phi) is 6.54. The molecule has 0 spiro atoms. The number of fused-ring (bicyclic) bond motifs is 1. The lowest BCUT2D eigenvalue weighted by Crippen LogP contribution is -2.28. The van der Waals surface area contributed by atoms with Crippen LogP contribution in [-0.4, -0.2) is 21.8 Å². The third kappa shape index (κ3) is 4.89. The molecule has 4 nitrogen and oxygen atoms in total. The van der Waals surface area contributed by atoms with E-state index >= 15 is 0 Å². The number of rotatable bonds is 7. The van der Waals surface area contributed by atoms with E-state index in [1.807, 2.05) is 34.9 Å². The van der Waals surface area contributed by atoms with Gasteiger partial charge in [-0.25, -0.2) is 9.37 Å². The van der Waals surface area contributed by atoms with Crippen molar-refractivity contribution in [1.82, 2.24) is 14.7 Å². The molecule has 2 heterocycles. The SMILES string of the molecule is O=C(CC(c1ccccc1F)c1cnc2ccccn12)NCCc1ccc(Cl)cc1Cl. The summed E-state index contributed by atoms with van der Waals surface area (Å²) in [7, 11) is 0. The maximum Gasteiger partial charge on any atom is 0.221 e. The van der Waals surface area contributed by atoms with E-state index < -0.39 is 5.92 Å². The Morgan fingerprint density at radius 3 is 2.71 bits per heavy atom. The molecule has 2 aromatic heterocycles. The second-order valence-corrected chi connectivity index (χ2v) is 8.07. The average molecular weight is 456 g/mol. The minimum absolute atomic E-state index is 0.0952. The fraction of sp³-hybridized carbons (Fsp3) is 0.167. The molecule has 1 amide bonds. The number of imidazole rings is 1. The lowest BCUT2D eigenvalue weighted by atomic mass is 9.92. The van der Waals surface area contributed by atoms with Gasteiger partial charge in [-0.15, -0.1) is 0 Å². The summed E-state index contributed by atoms with van der Waals surface area (Å²) in [6, 6.07) is 17.5. The van der Waals surface area contributed by atoms with Crippen LogP contribution in [0, 0.1) is 5.82 Å². The molecule has 0 fully saturated rings. The van der Waals surface area contributed by atoms with E-state index in [0.717, 1.165) is 16.9 Å². The van der Waals surface area contributed by atoms with Crippen LogP contribution in [0.1, 0.15) is 29.2 Å². The highest BCUT2D eigenvalue weighted by Gasteiger charge is 2.24. The molecule has 0 aliphatic rings. The summed E-state index contributed by atoms with van der Waals surface area (Å²) in [5, 5.41) is 4.05. The smallest absolute Gasteiger partial charge is 0.221 e. The van der Waals surface area contributed by atoms with Gasteiger partial charge in [-0.05, 0) is 47.9 Å². The maximum atomic E-state index is 14.6. The van der Waals surface area contributed by atoms with Crippen molar-refractivity contribution in [3.8, 4) is 0 Å². The lowest BCUT2D eigenvalue weighted by molar-refractivity contribution is -0.121. The van der Waals surface area contributed by atoms with Gasteiger partial charge in [0.25, 0.3) is 0 Å². The number of hydrogen-bond donors (Lipinski definition) is 1. The van der Waals surface area contributed by atoms with Crippen molar-refractivity contribution >= 4 is 34.8 Å². The van der Waals surface area contributed by atoms with Crippen molar-refractivity contribution in [2.75, 3.05) is 6.54 Å². The van der Waals surface area contributed by atoms with E-state index in [1.165, 1.54) is 6.07 Å². The molecule has 31 heavy (non-hydrogen) atoms. The Morgan fingerprint density at radius 2 is 1.90 bits per heavy atom. The molecule has 0 radical (unpaired) electrons. The molecule has 0 aliphatic heterocycles. The largest absolute Gasteiger partial charge is 0.356 e. The second kappa shape index (κ2) is 9.50. The molecule has 0 aliphatic carbocycles. The first-order valence-electron chi connectivity index (χ1n) is 9.90. The number of hydrogen-bond acceptors (Lipinski definition) is 2. The van der Waals surface area contributed by atoms with Crippen LogP contribution in [0.5, 0.6) is 0 Å². The van der Waals surface area contributed by atoms with Gasteiger partial charge in [0, 0.05) is 41.3 Å². The fourth-order valence-electron chi connectivity index (χ4n) is 3.66. The Morgan fingerprint density at radius 1 is 1.10 bits per heavy atom. The summed E-state index contributed by atoms with van der Waals surface area (Å²) in [5.74, 6) is -0.999. The predicted octanol–water partition coefficient (Wildman–Crippen LogP) is 5.66. The van der Waals surface area contributed by atoms with E-state index in [-0.39, 0.29) is 18.1 Å². The number of benzene rings is 2. The molecule has 0 saturated carbocycles. The molecular formula is C24H20Cl2FN3O. The monoisotopic (exact) mass is 455 g/mol. The zero-order valence-corrected chi connectivity index (χ0v) is 18.1. The van der Waals surface area contributed by atoms with Crippen LogP contribution in [0.15, 0.2) is 73.1 Å². The first kappa shape index (κ1) is 21.3. The van der Waals surface area contributed by atoms with Crippen LogP contribution in [0.3, 0.4) is 0 Å². The van der Waals surface area contributed by atoms with Gasteiger partial charge >= 0.3 is 0 Å². The summed E-state index contributed by atoms with van der Waals surface area (Å²) in [4.78, 5) is 17.2. The number of nitrogens with zero attached hydrogens (tertiary/aromatic N) is 2. The highest BCUT2D eigenvalue weighted by atomic mass is 35.5. The zero-order valence-electron chi connectivity index (χ0n) is 16.6. The Balaban J connectivity index is 1.52. The first-order valence-corrected chi connectivity index (χ1v) is 10.7. The highest BCUT2D eigenvalue weighted by Crippen LogP contribution is 2.30. The van der Waals surface area contributed by atoms with Crippen molar-refractivity contribution < 1.29 is 9.18 Å². The number of carbonyl (C=O) groups excluding carboxylic acids is 1. The Labute approximate surface area is 189 Å². The molecule has 4 aromatic rings. The standard InChI is InChI=1S/C24H20Cl2FN3O/c25-17-9-8-16(20(26)13-17)10-11-28-24(31)14-19(18-5-1-2-6-21(18)27)22-15-29-23-7-3-4-12-30(22)23/h1-9,12-13,15,19H,10-11,14H2,(H,28,31). The molecule has 158 valence electrons. The van der Waals surface area contributed by atoms with Gasteiger partial charge in [-0.2, -0.15) is 0 Å². The van der Waals surface area contributed by atoms with Gasteiger partial charge in [0.1, 0.15) is 11.5 Å². The van der Waals surface area contributed by atoms with Gasteiger partial charge in [0.15, 0.2) is 0 Å². The number of nitrogens with one attached hydrogen (secondary N) is 1. The van der Waals surface area contributed by atoms with Gasteiger partial charge in [0.05, 0.1) is 5.69 Å². The van der Waals surface area contributed by atoms with Gasteiger partial charge < -0.3 is 9.72 Å². The predicted molar refractivity (Wildman–Crippen MR) is 121 cm³/mol. The molecule has 0 saturated heterocycles. The van der Waals surface area contributed by atoms with Crippen molar-refractivity contribution in [2.24, 2.45) is 0 Å². The molecule has 4 rings (SSSR count). The van der Waals surface area contributed by atoms with Crippen LogP contribution in [-0.2, 0) is 11.2 Å². The van der Waals surface area contributed by atoms with Crippen LogP contribution in [0.4, 0.5) is 4.39 Å². The summed E-state index contributed by atoms with van der Waals surface area (Å²) in [5.41, 5.74) is 2.87. The van der Waals surface area contributed by atoms with Crippen molar-refractivity contribution in [3.63, 3.8) is 0 Å². The molecule has 7 heteroatoms. The normalized spacial score (nSPS) is 12.1. The van der Waals surface area contributed by atoms with E-state index in [0.29, 0.717) is 28.6 Å². The van der Waals surface area contributed by atoms with Crippen molar-refractivity contribution in [3.05, 3.63) is 106 Å². The van der Waals surface area contributed by atoms with Crippen LogP contribution in [0.2, 0.25) is 10.0 Å². The lowest BCUT2D eigenvalue weighted by Gasteiger charge is -2.18. The van der Waals surface area contributed by atoms with Gasteiger partial charge in [-0.1, -0.05) is 53.5 Å². The third-order valence-electron chi connectivity index (χ3n) is 5.20. The van der Waals surface area contributed by atoms with E-state index in [9.17, 15) is 9.18 Å². The second-order valence-electron chi connectivity index (χ2n) is 7.23. The minimum atomic E-state index is -0.474. The van der Waals surface area contributed by atoms with Crippen LogP contribution < -0.4 is 5.32 Å². The van der Waals surface area contributed by atoms with Crippen molar-refractivity contribution in [1.29, 1.82) is 0 Å². The zero-order chi connectivity index (χ0) is 21.8. The number of amides is 1. The molecular weight excluding hydrogens is 436 g/mol. The average Bonchev–Trinajstić information content (AvgIpc) is 3.18. The Hall–Kier alpha value is -2.89. The quantitative estimate of drug-likeness (QED) is 0.390. The maximum absolute atomic E-state index is 14.6. The summed E-state index contributed by atoms with van der Waals surface area (Å²) < 4.78 is 16.5. The highest BCUT2D eigenvalue weighted by molar-refractivity contribution is 6.35. The first-order chi connectivity index (χ1) is 15.0. The third-order valence-corrected chi connectivity index (χ3v) is 5.79. The topological polar surface area (TPSA) is 46.4 Å². The van der Waals surface area contributed by atoms with E-state index in [1.54, 1.807) is 36.5 Å². The fourth-order valence-corrected chi connectivity index (χ4v) is 4.16. The van der Waals surface area contributed by atoms with E-state index in [4.69, 9.17) is 23.2 Å². The summed E-state index contributed by atoms with van der Waals surface area (Å²) in [6.45, 7) is 0.414. The molecule has 2 aromatic carbocycles. The summed E-state index contributed by atoms with van der Waals surface area (Å²) in [6.07, 6.45) is 4.23. The van der Waals surface area contributed by atoms with Crippen LogP contribution in [0.25, 0.3) is 5.65 Å². The minimum Gasteiger partial charge on any atom is -0.356 e. The number of carbonyl (C=O) groups is 1.